The van der Waals surface area contributed by atoms with Gasteiger partial charge in [0.05, 0.1) is 24.5 Å². The molecule has 1 atom stereocenters. The Morgan fingerprint density at radius 3 is 2.82 bits per heavy atom. The number of nitrogens with zero attached hydrogens (tertiary/aromatic N) is 2. The van der Waals surface area contributed by atoms with Crippen molar-refractivity contribution in [2.75, 3.05) is 19.7 Å². The molecule has 0 spiro atoms. The first-order chi connectivity index (χ1) is 10.4. The Hall–Kier alpha value is -2.00. The molecule has 1 N–H and O–H groups in total. The van der Waals surface area contributed by atoms with Gasteiger partial charge in [0.1, 0.15) is 0 Å². The first kappa shape index (κ1) is 16.4. The zero-order valence-electron chi connectivity index (χ0n) is 11.4. The molecule has 2 rings (SSSR count). The number of hydrogen-bond donors (Lipinski definition) is 1. The van der Waals surface area contributed by atoms with E-state index in [9.17, 15) is 19.7 Å². The minimum atomic E-state index is -1.10. The van der Waals surface area contributed by atoms with Gasteiger partial charge in [0.2, 0.25) is 5.91 Å². The summed E-state index contributed by atoms with van der Waals surface area (Å²) in [5, 5.41) is 19.6. The summed E-state index contributed by atoms with van der Waals surface area (Å²) in [4.78, 5) is 34.7. The number of morpholine rings is 1. The highest BCUT2D eigenvalue weighted by molar-refractivity contribution is 9.10. The average Bonchev–Trinajstić information content (AvgIpc) is 2.49. The van der Waals surface area contributed by atoms with Crippen molar-refractivity contribution >= 4 is 33.5 Å². The number of carboxylic acid groups (broad SMARTS) is 1. The lowest BCUT2D eigenvalue weighted by atomic mass is 10.1. The van der Waals surface area contributed by atoms with E-state index in [1.165, 1.54) is 23.1 Å². The maximum Gasteiger partial charge on any atom is 0.334 e. The third-order valence-electron chi connectivity index (χ3n) is 3.28. The predicted molar refractivity (Wildman–Crippen MR) is 78.5 cm³/mol. The number of rotatable bonds is 4. The van der Waals surface area contributed by atoms with Crippen molar-refractivity contribution in [2.45, 2.75) is 12.5 Å². The molecule has 1 heterocycles. The van der Waals surface area contributed by atoms with E-state index in [-0.39, 0.29) is 31.2 Å². The van der Waals surface area contributed by atoms with E-state index in [4.69, 9.17) is 9.84 Å². The fourth-order valence-corrected chi connectivity index (χ4v) is 2.60. The van der Waals surface area contributed by atoms with Crippen molar-refractivity contribution < 1.29 is 24.4 Å². The SMILES string of the molecule is O=C(O)C1CN(C(=O)Cc2ccc([N+](=O)[O-])cc2Br)CCO1. The number of non-ortho nitro benzene ring substituents is 1. The van der Waals surface area contributed by atoms with Crippen molar-refractivity contribution in [1.82, 2.24) is 4.90 Å². The summed E-state index contributed by atoms with van der Waals surface area (Å²) in [5.41, 5.74) is 0.536. The summed E-state index contributed by atoms with van der Waals surface area (Å²) in [5.74, 6) is -1.35. The lowest BCUT2D eigenvalue weighted by Gasteiger charge is -2.31. The molecule has 9 heteroatoms. The summed E-state index contributed by atoms with van der Waals surface area (Å²) in [7, 11) is 0. The number of benzene rings is 1. The van der Waals surface area contributed by atoms with Crippen LogP contribution in [-0.2, 0) is 20.7 Å². The lowest BCUT2D eigenvalue weighted by Crippen LogP contribution is -2.49. The largest absolute Gasteiger partial charge is 0.479 e. The van der Waals surface area contributed by atoms with Gasteiger partial charge in [-0.1, -0.05) is 22.0 Å². The normalized spacial score (nSPS) is 18.0. The average molecular weight is 373 g/mol. The van der Waals surface area contributed by atoms with Gasteiger partial charge in [-0.15, -0.1) is 0 Å². The molecule has 1 aromatic rings. The molecule has 118 valence electrons. The number of nitro groups is 1. The van der Waals surface area contributed by atoms with Gasteiger partial charge in [0, 0.05) is 23.2 Å². The molecular weight excluding hydrogens is 360 g/mol. The van der Waals surface area contributed by atoms with Gasteiger partial charge in [-0.2, -0.15) is 0 Å². The molecule has 1 aromatic carbocycles. The molecule has 1 unspecified atom stereocenters. The smallest absolute Gasteiger partial charge is 0.334 e. The summed E-state index contributed by atoms with van der Waals surface area (Å²) >= 11 is 3.21. The predicted octanol–water partition coefficient (Wildman–Crippen LogP) is 1.21. The molecular formula is C13H13BrN2O6. The summed E-state index contributed by atoms with van der Waals surface area (Å²) in [6.07, 6.45) is -0.983. The minimum absolute atomic E-state index is 0.00122. The van der Waals surface area contributed by atoms with Gasteiger partial charge in [0.25, 0.3) is 5.69 Å². The van der Waals surface area contributed by atoms with Gasteiger partial charge in [-0.25, -0.2) is 4.79 Å². The summed E-state index contributed by atoms with van der Waals surface area (Å²) in [6, 6.07) is 4.17. The number of amides is 1. The highest BCUT2D eigenvalue weighted by Crippen LogP contribution is 2.24. The van der Waals surface area contributed by atoms with Gasteiger partial charge in [0.15, 0.2) is 6.10 Å². The van der Waals surface area contributed by atoms with Crippen molar-refractivity contribution in [2.24, 2.45) is 0 Å². The molecule has 0 aliphatic carbocycles. The van der Waals surface area contributed by atoms with E-state index in [1.54, 1.807) is 0 Å². The molecule has 1 amide bonds. The van der Waals surface area contributed by atoms with Crippen molar-refractivity contribution in [1.29, 1.82) is 0 Å². The van der Waals surface area contributed by atoms with Crippen LogP contribution < -0.4 is 0 Å². The van der Waals surface area contributed by atoms with Crippen LogP contribution >= 0.6 is 15.9 Å². The fraction of sp³-hybridized carbons (Fsp3) is 0.385. The maximum atomic E-state index is 12.2. The van der Waals surface area contributed by atoms with Crippen LogP contribution in [-0.4, -0.2) is 52.6 Å². The molecule has 1 fully saturated rings. The van der Waals surface area contributed by atoms with Crippen LogP contribution in [0.15, 0.2) is 22.7 Å². The Morgan fingerprint density at radius 2 is 2.23 bits per heavy atom. The number of halogens is 1. The van der Waals surface area contributed by atoms with E-state index in [0.29, 0.717) is 16.6 Å². The number of hydrogen-bond acceptors (Lipinski definition) is 5. The number of carbonyl (C=O) groups is 2. The van der Waals surface area contributed by atoms with Crippen molar-refractivity contribution in [3.05, 3.63) is 38.3 Å². The molecule has 0 saturated carbocycles. The fourth-order valence-electron chi connectivity index (χ4n) is 2.09. The van der Waals surface area contributed by atoms with Crippen molar-refractivity contribution in [3.63, 3.8) is 0 Å². The number of carbonyl (C=O) groups excluding carboxylic acids is 1. The van der Waals surface area contributed by atoms with Crippen LogP contribution in [0.2, 0.25) is 0 Å². The second kappa shape index (κ2) is 6.84. The van der Waals surface area contributed by atoms with Crippen LogP contribution in [0.3, 0.4) is 0 Å². The first-order valence-electron chi connectivity index (χ1n) is 6.43. The van der Waals surface area contributed by atoms with Crippen LogP contribution in [0.4, 0.5) is 5.69 Å². The Bertz CT molecular complexity index is 621. The van der Waals surface area contributed by atoms with E-state index in [1.807, 2.05) is 0 Å². The summed E-state index contributed by atoms with van der Waals surface area (Å²) in [6.45, 7) is 0.496. The Kier molecular flexibility index (Phi) is 5.09. The summed E-state index contributed by atoms with van der Waals surface area (Å²) < 4.78 is 5.53. The van der Waals surface area contributed by atoms with Gasteiger partial charge < -0.3 is 14.7 Å². The second-order valence-electron chi connectivity index (χ2n) is 4.75. The third kappa shape index (κ3) is 3.80. The first-order valence-corrected chi connectivity index (χ1v) is 7.23. The van der Waals surface area contributed by atoms with E-state index in [2.05, 4.69) is 15.9 Å². The van der Waals surface area contributed by atoms with Crippen LogP contribution in [0.25, 0.3) is 0 Å². The molecule has 22 heavy (non-hydrogen) atoms. The van der Waals surface area contributed by atoms with E-state index >= 15 is 0 Å². The molecule has 0 bridgehead atoms. The number of aliphatic carboxylic acids is 1. The maximum absolute atomic E-state index is 12.2. The highest BCUT2D eigenvalue weighted by Gasteiger charge is 2.29. The van der Waals surface area contributed by atoms with Crippen LogP contribution in [0.1, 0.15) is 5.56 Å². The quantitative estimate of drug-likeness (QED) is 0.628. The molecule has 1 aliphatic rings. The Labute approximate surface area is 133 Å². The number of ether oxygens (including phenoxy) is 1. The monoisotopic (exact) mass is 372 g/mol. The zero-order chi connectivity index (χ0) is 16.3. The Balaban J connectivity index is 2.05. The minimum Gasteiger partial charge on any atom is -0.479 e. The van der Waals surface area contributed by atoms with Crippen molar-refractivity contribution in [3.8, 4) is 0 Å². The molecule has 1 saturated heterocycles. The molecule has 1 aliphatic heterocycles. The molecule has 0 radical (unpaired) electrons. The number of nitro benzene ring substituents is 1. The lowest BCUT2D eigenvalue weighted by molar-refractivity contribution is -0.384. The van der Waals surface area contributed by atoms with E-state index < -0.39 is 17.0 Å². The molecule has 8 nitrogen and oxygen atoms in total. The Morgan fingerprint density at radius 1 is 1.50 bits per heavy atom. The third-order valence-corrected chi connectivity index (χ3v) is 4.02. The topological polar surface area (TPSA) is 110 Å². The number of carboxylic acids is 1. The van der Waals surface area contributed by atoms with Gasteiger partial charge in [-0.3, -0.25) is 14.9 Å². The zero-order valence-corrected chi connectivity index (χ0v) is 13.0. The van der Waals surface area contributed by atoms with Crippen LogP contribution in [0, 0.1) is 10.1 Å². The van der Waals surface area contributed by atoms with Crippen LogP contribution in [0.5, 0.6) is 0 Å². The van der Waals surface area contributed by atoms with E-state index in [0.717, 1.165) is 0 Å². The molecule has 0 aromatic heterocycles. The van der Waals surface area contributed by atoms with Gasteiger partial charge >= 0.3 is 5.97 Å². The van der Waals surface area contributed by atoms with Gasteiger partial charge in [-0.05, 0) is 5.56 Å². The highest BCUT2D eigenvalue weighted by atomic mass is 79.9. The second-order valence-corrected chi connectivity index (χ2v) is 5.60. The standard InChI is InChI=1S/C13H13BrN2O6/c14-10-6-9(16(20)21)2-1-8(10)5-12(17)15-3-4-22-11(7-15)13(18)19/h1-2,6,11H,3-5,7H2,(H,18,19).